The van der Waals surface area contributed by atoms with Crippen molar-refractivity contribution < 1.29 is 14.7 Å². The van der Waals surface area contributed by atoms with E-state index in [-0.39, 0.29) is 11.5 Å². The summed E-state index contributed by atoms with van der Waals surface area (Å²) in [5.74, 6) is -1.09. The van der Waals surface area contributed by atoms with Crippen LogP contribution in [0.15, 0.2) is 18.2 Å². The van der Waals surface area contributed by atoms with E-state index in [2.05, 4.69) is 5.32 Å². The summed E-state index contributed by atoms with van der Waals surface area (Å²) in [7, 11) is 3.61. The number of benzene rings is 1. The number of rotatable bonds is 4. The molecule has 0 atom stereocenters. The van der Waals surface area contributed by atoms with Crippen LogP contribution in [0.25, 0.3) is 0 Å². The Labute approximate surface area is 100 Å². The van der Waals surface area contributed by atoms with E-state index in [1.165, 1.54) is 6.07 Å². The highest BCUT2D eigenvalue weighted by atomic mass is 16.4. The number of carboxylic acids is 1. The Morgan fingerprint density at radius 1 is 1.35 bits per heavy atom. The van der Waals surface area contributed by atoms with Crippen molar-refractivity contribution in [3.05, 3.63) is 29.3 Å². The third kappa shape index (κ3) is 3.88. The summed E-state index contributed by atoms with van der Waals surface area (Å²) in [6, 6.07) is 4.73. The van der Waals surface area contributed by atoms with Gasteiger partial charge in [-0.3, -0.25) is 4.79 Å². The van der Waals surface area contributed by atoms with Gasteiger partial charge in [0.05, 0.1) is 12.1 Å². The van der Waals surface area contributed by atoms with Crippen molar-refractivity contribution in [3.8, 4) is 0 Å². The van der Waals surface area contributed by atoms with Crippen molar-refractivity contribution in [1.29, 1.82) is 0 Å². The Bertz CT molecular complexity index is 441. The molecule has 0 unspecified atom stereocenters. The molecule has 0 heterocycles. The van der Waals surface area contributed by atoms with E-state index in [0.29, 0.717) is 17.8 Å². The van der Waals surface area contributed by atoms with Gasteiger partial charge in [0.2, 0.25) is 5.91 Å². The number of hydrogen-bond donors (Lipinski definition) is 2. The molecule has 5 nitrogen and oxygen atoms in total. The van der Waals surface area contributed by atoms with Gasteiger partial charge in [0.15, 0.2) is 0 Å². The van der Waals surface area contributed by atoms with Crippen LogP contribution in [0.1, 0.15) is 15.9 Å². The standard InChI is InChI=1S/C12H16N2O3/c1-8-6-9(4-5-10(8)12(16)17)13-11(15)7-14(2)3/h4-6H,7H2,1-3H3,(H,13,15)(H,16,17). The Hall–Kier alpha value is -1.88. The molecule has 0 aliphatic heterocycles. The van der Waals surface area contributed by atoms with Crippen LogP contribution in [0.5, 0.6) is 0 Å². The molecule has 92 valence electrons. The number of carbonyl (C=O) groups excluding carboxylic acids is 1. The van der Waals surface area contributed by atoms with Crippen LogP contribution in [0.2, 0.25) is 0 Å². The summed E-state index contributed by atoms with van der Waals surface area (Å²) in [4.78, 5) is 24.0. The first-order chi connectivity index (χ1) is 7.90. The van der Waals surface area contributed by atoms with Gasteiger partial charge in [0, 0.05) is 5.69 Å². The van der Waals surface area contributed by atoms with Crippen LogP contribution in [0, 0.1) is 6.92 Å². The lowest BCUT2D eigenvalue weighted by molar-refractivity contribution is -0.116. The zero-order chi connectivity index (χ0) is 13.0. The molecule has 2 N–H and O–H groups in total. The van der Waals surface area contributed by atoms with Crippen LogP contribution in [-0.2, 0) is 4.79 Å². The summed E-state index contributed by atoms with van der Waals surface area (Å²) >= 11 is 0. The van der Waals surface area contributed by atoms with Crippen LogP contribution in [0.4, 0.5) is 5.69 Å². The summed E-state index contributed by atoms with van der Waals surface area (Å²) < 4.78 is 0. The average molecular weight is 236 g/mol. The van der Waals surface area contributed by atoms with E-state index >= 15 is 0 Å². The Kier molecular flexibility index (Phi) is 4.23. The largest absolute Gasteiger partial charge is 0.478 e. The van der Waals surface area contributed by atoms with Crippen LogP contribution in [-0.4, -0.2) is 42.5 Å². The molecule has 0 fully saturated rings. The summed E-state index contributed by atoms with van der Waals surface area (Å²) in [5, 5.41) is 11.6. The lowest BCUT2D eigenvalue weighted by atomic mass is 10.1. The van der Waals surface area contributed by atoms with Crippen molar-refractivity contribution in [2.24, 2.45) is 0 Å². The van der Waals surface area contributed by atoms with Gasteiger partial charge >= 0.3 is 5.97 Å². The number of aryl methyl sites for hydroxylation is 1. The molecule has 17 heavy (non-hydrogen) atoms. The Balaban J connectivity index is 2.77. The molecular weight excluding hydrogens is 220 g/mol. The molecule has 0 spiro atoms. The lowest BCUT2D eigenvalue weighted by Crippen LogP contribution is -2.27. The highest BCUT2D eigenvalue weighted by Crippen LogP contribution is 2.15. The number of amides is 1. The van der Waals surface area contributed by atoms with Gasteiger partial charge in [0.25, 0.3) is 0 Å². The molecule has 0 saturated heterocycles. The summed E-state index contributed by atoms with van der Waals surface area (Å²) in [5.41, 5.74) is 1.48. The first-order valence-electron chi connectivity index (χ1n) is 5.18. The SMILES string of the molecule is Cc1cc(NC(=O)CN(C)C)ccc1C(=O)O. The van der Waals surface area contributed by atoms with E-state index in [9.17, 15) is 9.59 Å². The zero-order valence-corrected chi connectivity index (χ0v) is 10.2. The van der Waals surface area contributed by atoms with Crippen molar-refractivity contribution in [3.63, 3.8) is 0 Å². The number of likely N-dealkylation sites (N-methyl/N-ethyl adjacent to an activating group) is 1. The number of carboxylic acid groups (broad SMARTS) is 1. The zero-order valence-electron chi connectivity index (χ0n) is 10.2. The molecule has 0 radical (unpaired) electrons. The first-order valence-corrected chi connectivity index (χ1v) is 5.18. The highest BCUT2D eigenvalue weighted by molar-refractivity contribution is 5.94. The van der Waals surface area contributed by atoms with E-state index in [4.69, 9.17) is 5.11 Å². The molecule has 1 aromatic carbocycles. The lowest BCUT2D eigenvalue weighted by Gasteiger charge is -2.11. The predicted octanol–water partition coefficient (Wildman–Crippen LogP) is 1.19. The third-order valence-electron chi connectivity index (χ3n) is 2.20. The first kappa shape index (κ1) is 13.2. The molecule has 1 amide bonds. The van der Waals surface area contributed by atoms with Crippen molar-refractivity contribution >= 4 is 17.6 Å². The Morgan fingerprint density at radius 2 is 2.00 bits per heavy atom. The number of nitrogens with one attached hydrogen (secondary N) is 1. The monoisotopic (exact) mass is 236 g/mol. The minimum atomic E-state index is -0.964. The highest BCUT2D eigenvalue weighted by Gasteiger charge is 2.09. The van der Waals surface area contributed by atoms with Crippen LogP contribution >= 0.6 is 0 Å². The van der Waals surface area contributed by atoms with E-state index < -0.39 is 5.97 Å². The fourth-order valence-corrected chi connectivity index (χ4v) is 1.47. The van der Waals surface area contributed by atoms with Crippen molar-refractivity contribution in [2.45, 2.75) is 6.92 Å². The van der Waals surface area contributed by atoms with Gasteiger partial charge in [-0.05, 0) is 44.8 Å². The van der Waals surface area contributed by atoms with Crippen molar-refractivity contribution in [2.75, 3.05) is 26.0 Å². The smallest absolute Gasteiger partial charge is 0.335 e. The number of aromatic carboxylic acids is 1. The summed E-state index contributed by atoms with van der Waals surface area (Å²) in [6.45, 7) is 1.99. The minimum Gasteiger partial charge on any atom is -0.478 e. The van der Waals surface area contributed by atoms with Crippen LogP contribution in [0.3, 0.4) is 0 Å². The average Bonchev–Trinajstić information content (AvgIpc) is 2.15. The van der Waals surface area contributed by atoms with Gasteiger partial charge in [-0.25, -0.2) is 4.79 Å². The molecular formula is C12H16N2O3. The second kappa shape index (κ2) is 5.45. The molecule has 0 aliphatic rings. The van der Waals surface area contributed by atoms with E-state index in [1.807, 2.05) is 0 Å². The topological polar surface area (TPSA) is 69.6 Å². The van der Waals surface area contributed by atoms with Gasteiger partial charge in [-0.1, -0.05) is 0 Å². The number of hydrogen-bond acceptors (Lipinski definition) is 3. The molecule has 1 rings (SSSR count). The normalized spacial score (nSPS) is 10.4. The molecule has 0 aromatic heterocycles. The number of nitrogens with zero attached hydrogens (tertiary/aromatic N) is 1. The quantitative estimate of drug-likeness (QED) is 0.824. The molecule has 0 saturated carbocycles. The second-order valence-corrected chi connectivity index (χ2v) is 4.12. The van der Waals surface area contributed by atoms with Gasteiger partial charge < -0.3 is 15.3 Å². The predicted molar refractivity (Wildman–Crippen MR) is 65.3 cm³/mol. The van der Waals surface area contributed by atoms with Gasteiger partial charge in [-0.2, -0.15) is 0 Å². The number of carbonyl (C=O) groups is 2. The maximum absolute atomic E-state index is 11.5. The van der Waals surface area contributed by atoms with E-state index in [0.717, 1.165) is 0 Å². The maximum Gasteiger partial charge on any atom is 0.335 e. The van der Waals surface area contributed by atoms with Gasteiger partial charge in [0.1, 0.15) is 0 Å². The molecule has 5 heteroatoms. The minimum absolute atomic E-state index is 0.127. The number of anilines is 1. The van der Waals surface area contributed by atoms with Crippen molar-refractivity contribution in [1.82, 2.24) is 4.90 Å². The molecule has 1 aromatic rings. The fraction of sp³-hybridized carbons (Fsp3) is 0.333. The maximum atomic E-state index is 11.5. The van der Waals surface area contributed by atoms with E-state index in [1.54, 1.807) is 38.1 Å². The second-order valence-electron chi connectivity index (χ2n) is 4.12. The van der Waals surface area contributed by atoms with Crippen LogP contribution < -0.4 is 5.32 Å². The third-order valence-corrected chi connectivity index (χ3v) is 2.20. The van der Waals surface area contributed by atoms with Gasteiger partial charge in [-0.15, -0.1) is 0 Å². The molecule has 0 aliphatic carbocycles. The summed E-state index contributed by atoms with van der Waals surface area (Å²) in [6.07, 6.45) is 0. The fourth-order valence-electron chi connectivity index (χ4n) is 1.47. The molecule has 0 bridgehead atoms. The Morgan fingerprint density at radius 3 is 2.47 bits per heavy atom.